The van der Waals surface area contributed by atoms with E-state index in [0.29, 0.717) is 16.5 Å². The van der Waals surface area contributed by atoms with Gasteiger partial charge >= 0.3 is 0 Å². The van der Waals surface area contributed by atoms with E-state index in [2.05, 4.69) is 5.32 Å². The molecular weight excluding hydrogens is 336 g/mol. The summed E-state index contributed by atoms with van der Waals surface area (Å²) in [6, 6.07) is 11.3. The van der Waals surface area contributed by atoms with Gasteiger partial charge in [0, 0.05) is 22.7 Å². The molecule has 0 saturated heterocycles. The predicted molar refractivity (Wildman–Crippen MR) is 97.9 cm³/mol. The highest BCUT2D eigenvalue weighted by molar-refractivity contribution is 6.30. The van der Waals surface area contributed by atoms with Crippen LogP contribution in [0.2, 0.25) is 5.02 Å². The molecule has 5 heteroatoms. The molecule has 1 N–H and O–H groups in total. The van der Waals surface area contributed by atoms with Crippen molar-refractivity contribution < 1.29 is 9.21 Å². The first-order valence-corrected chi connectivity index (χ1v) is 8.73. The largest absolute Gasteiger partial charge is 0.457 e. The summed E-state index contributed by atoms with van der Waals surface area (Å²) in [6.45, 7) is 1.97. The Kier molecular flexibility index (Phi) is 5.25. The molecule has 2 aromatic rings. The normalized spacial score (nSPS) is 15.2. The molecule has 1 aliphatic carbocycles. The maximum absolute atomic E-state index is 12.2. The van der Waals surface area contributed by atoms with E-state index in [-0.39, 0.29) is 17.5 Å². The van der Waals surface area contributed by atoms with E-state index in [1.165, 1.54) is 6.08 Å². The molecule has 1 aromatic heterocycles. The van der Waals surface area contributed by atoms with E-state index in [0.717, 1.165) is 36.8 Å². The van der Waals surface area contributed by atoms with Crippen LogP contribution in [0.5, 0.6) is 0 Å². The van der Waals surface area contributed by atoms with Crippen LogP contribution in [0.3, 0.4) is 0 Å². The summed E-state index contributed by atoms with van der Waals surface area (Å²) < 4.78 is 5.79. The van der Waals surface area contributed by atoms with Gasteiger partial charge < -0.3 is 9.73 Å². The maximum Gasteiger partial charge on any atom is 0.262 e. The first-order valence-electron chi connectivity index (χ1n) is 8.36. The Bertz CT molecular complexity index is 855. The molecule has 0 radical (unpaired) electrons. The fourth-order valence-electron chi connectivity index (χ4n) is 3.06. The molecule has 1 aromatic carbocycles. The van der Waals surface area contributed by atoms with Crippen molar-refractivity contribution in [2.24, 2.45) is 0 Å². The van der Waals surface area contributed by atoms with Gasteiger partial charge in [-0.15, -0.1) is 0 Å². The van der Waals surface area contributed by atoms with Crippen LogP contribution in [0, 0.1) is 18.3 Å². The zero-order valence-corrected chi connectivity index (χ0v) is 14.8. The van der Waals surface area contributed by atoms with E-state index < -0.39 is 0 Å². The number of nitriles is 1. The molecule has 0 atom stereocenters. The van der Waals surface area contributed by atoms with Gasteiger partial charge in [-0.25, -0.2) is 0 Å². The quantitative estimate of drug-likeness (QED) is 0.629. The highest BCUT2D eigenvalue weighted by atomic mass is 35.5. The van der Waals surface area contributed by atoms with Crippen molar-refractivity contribution in [2.45, 2.75) is 38.6 Å². The fraction of sp³-hybridized carbons (Fsp3) is 0.300. The Morgan fingerprint density at radius 1 is 1.32 bits per heavy atom. The Hall–Kier alpha value is -2.51. The van der Waals surface area contributed by atoms with Crippen LogP contribution in [0.15, 0.2) is 40.3 Å². The second kappa shape index (κ2) is 7.58. The summed E-state index contributed by atoms with van der Waals surface area (Å²) in [5.41, 5.74) is 1.98. The molecular formula is C20H19ClN2O2. The number of halogens is 1. The average molecular weight is 355 g/mol. The molecule has 1 heterocycles. The Morgan fingerprint density at radius 2 is 2.08 bits per heavy atom. The summed E-state index contributed by atoms with van der Waals surface area (Å²) in [5.74, 6) is 0.776. The van der Waals surface area contributed by atoms with Gasteiger partial charge in [0.1, 0.15) is 23.2 Å². The SMILES string of the molecule is Cc1ccc(Cl)cc1-c1ccc(/C=C(/C#N)C(=O)NC2CCCC2)o1. The lowest BCUT2D eigenvalue weighted by Crippen LogP contribution is -2.33. The zero-order valence-electron chi connectivity index (χ0n) is 14.0. The van der Waals surface area contributed by atoms with E-state index in [4.69, 9.17) is 16.0 Å². The lowest BCUT2D eigenvalue weighted by atomic mass is 10.1. The minimum Gasteiger partial charge on any atom is -0.457 e. The molecule has 1 fully saturated rings. The summed E-state index contributed by atoms with van der Waals surface area (Å²) in [7, 11) is 0. The molecule has 0 bridgehead atoms. The van der Waals surface area contributed by atoms with Crippen LogP contribution in [-0.2, 0) is 4.79 Å². The highest BCUT2D eigenvalue weighted by Crippen LogP contribution is 2.29. The molecule has 0 aliphatic heterocycles. The Morgan fingerprint density at radius 3 is 2.80 bits per heavy atom. The number of carbonyl (C=O) groups is 1. The predicted octanol–water partition coefficient (Wildman–Crippen LogP) is 4.87. The first-order chi connectivity index (χ1) is 12.1. The third kappa shape index (κ3) is 4.12. The Balaban J connectivity index is 1.80. The van der Waals surface area contributed by atoms with Crippen molar-refractivity contribution in [3.05, 3.63) is 52.3 Å². The van der Waals surface area contributed by atoms with Crippen LogP contribution < -0.4 is 5.32 Å². The number of hydrogen-bond donors (Lipinski definition) is 1. The van der Waals surface area contributed by atoms with Gasteiger partial charge in [-0.1, -0.05) is 30.5 Å². The smallest absolute Gasteiger partial charge is 0.262 e. The minimum atomic E-state index is -0.341. The number of nitrogens with one attached hydrogen (secondary N) is 1. The number of carbonyl (C=O) groups excluding carboxylic acids is 1. The molecule has 1 saturated carbocycles. The standard InChI is InChI=1S/C20H19ClN2O2/c1-13-6-7-15(21)11-18(13)19-9-8-17(25-19)10-14(12-22)20(24)23-16-4-2-3-5-16/h6-11,16H,2-5H2,1H3,(H,23,24)/b14-10-. The second-order valence-electron chi connectivity index (χ2n) is 6.29. The molecule has 25 heavy (non-hydrogen) atoms. The number of furan rings is 1. The van der Waals surface area contributed by atoms with Gasteiger partial charge in [0.25, 0.3) is 5.91 Å². The third-order valence-electron chi connectivity index (χ3n) is 4.43. The lowest BCUT2D eigenvalue weighted by Gasteiger charge is -2.10. The molecule has 4 nitrogen and oxygen atoms in total. The van der Waals surface area contributed by atoms with Crippen LogP contribution in [0.1, 0.15) is 37.0 Å². The number of rotatable bonds is 4. The van der Waals surface area contributed by atoms with E-state index in [1.54, 1.807) is 6.07 Å². The Labute approximate surface area is 152 Å². The summed E-state index contributed by atoms with van der Waals surface area (Å²) in [4.78, 5) is 12.2. The van der Waals surface area contributed by atoms with E-state index >= 15 is 0 Å². The van der Waals surface area contributed by atoms with Crippen LogP contribution in [0.4, 0.5) is 0 Å². The average Bonchev–Trinajstić information content (AvgIpc) is 3.26. The molecule has 0 spiro atoms. The number of aryl methyl sites for hydroxylation is 1. The van der Waals surface area contributed by atoms with E-state index in [9.17, 15) is 10.1 Å². The zero-order chi connectivity index (χ0) is 17.8. The highest BCUT2D eigenvalue weighted by Gasteiger charge is 2.19. The van der Waals surface area contributed by atoms with Gasteiger partial charge in [0.15, 0.2) is 0 Å². The topological polar surface area (TPSA) is 66.0 Å². The van der Waals surface area contributed by atoms with Crippen LogP contribution in [0.25, 0.3) is 17.4 Å². The van der Waals surface area contributed by atoms with Gasteiger partial charge in [-0.2, -0.15) is 5.26 Å². The lowest BCUT2D eigenvalue weighted by molar-refractivity contribution is -0.117. The van der Waals surface area contributed by atoms with Gasteiger partial charge in [-0.05, 0) is 49.6 Å². The van der Waals surface area contributed by atoms with Crippen molar-refractivity contribution in [2.75, 3.05) is 0 Å². The fourth-order valence-corrected chi connectivity index (χ4v) is 3.23. The number of hydrogen-bond acceptors (Lipinski definition) is 3. The van der Waals surface area contributed by atoms with Crippen molar-refractivity contribution in [3.63, 3.8) is 0 Å². The molecule has 1 amide bonds. The first kappa shape index (κ1) is 17.3. The van der Waals surface area contributed by atoms with Gasteiger partial charge in [-0.3, -0.25) is 4.79 Å². The number of amides is 1. The van der Waals surface area contributed by atoms with Crippen LogP contribution in [-0.4, -0.2) is 11.9 Å². The summed E-state index contributed by atoms with van der Waals surface area (Å²) in [6.07, 6.45) is 5.68. The number of benzene rings is 1. The molecule has 128 valence electrons. The molecule has 1 aliphatic rings. The summed E-state index contributed by atoms with van der Waals surface area (Å²) in [5, 5.41) is 12.8. The number of nitrogens with zero attached hydrogens (tertiary/aromatic N) is 1. The van der Waals surface area contributed by atoms with Crippen LogP contribution >= 0.6 is 11.6 Å². The van der Waals surface area contributed by atoms with Crippen molar-refractivity contribution in [1.82, 2.24) is 5.32 Å². The monoisotopic (exact) mass is 354 g/mol. The minimum absolute atomic E-state index is 0.0515. The van der Waals surface area contributed by atoms with Gasteiger partial charge in [0.2, 0.25) is 0 Å². The summed E-state index contributed by atoms with van der Waals surface area (Å²) >= 11 is 6.05. The van der Waals surface area contributed by atoms with Crippen molar-refractivity contribution in [3.8, 4) is 17.4 Å². The van der Waals surface area contributed by atoms with E-state index in [1.807, 2.05) is 37.3 Å². The maximum atomic E-state index is 12.2. The molecule has 3 rings (SSSR count). The van der Waals surface area contributed by atoms with Crippen molar-refractivity contribution >= 4 is 23.6 Å². The van der Waals surface area contributed by atoms with Crippen molar-refractivity contribution in [1.29, 1.82) is 5.26 Å². The third-order valence-corrected chi connectivity index (χ3v) is 4.67. The molecule has 0 unspecified atom stereocenters. The second-order valence-corrected chi connectivity index (χ2v) is 6.72. The van der Waals surface area contributed by atoms with Gasteiger partial charge in [0.05, 0.1) is 0 Å².